The number of aliphatic carboxylic acids is 1. The molecule has 100 valence electrons. The highest BCUT2D eigenvalue weighted by Crippen LogP contribution is 2.18. The minimum absolute atomic E-state index is 0.276. The van der Waals surface area contributed by atoms with Gasteiger partial charge in [-0.15, -0.1) is 0 Å². The van der Waals surface area contributed by atoms with Crippen molar-refractivity contribution >= 4 is 23.0 Å². The summed E-state index contributed by atoms with van der Waals surface area (Å²) in [6.07, 6.45) is 1.99. The Morgan fingerprint density at radius 1 is 1.53 bits per heavy atom. The number of carbonyl (C=O) groups is 2. The van der Waals surface area contributed by atoms with Crippen molar-refractivity contribution in [1.82, 2.24) is 15.5 Å². The highest BCUT2D eigenvalue weighted by Gasteiger charge is 2.17. The van der Waals surface area contributed by atoms with Crippen LogP contribution in [0.15, 0.2) is 16.8 Å². The van der Waals surface area contributed by atoms with Crippen molar-refractivity contribution in [2.45, 2.75) is 26.3 Å². The number of aryl methyl sites for hydroxylation is 1. The maximum Gasteiger partial charge on any atom is 0.325 e. The van der Waals surface area contributed by atoms with Crippen molar-refractivity contribution in [2.24, 2.45) is 0 Å². The molecule has 0 unspecified atom stereocenters. The maximum absolute atomic E-state index is 11.9. The molecule has 0 saturated carbocycles. The van der Waals surface area contributed by atoms with Gasteiger partial charge in [-0.05, 0) is 19.4 Å². The summed E-state index contributed by atoms with van der Waals surface area (Å²) in [7, 11) is 0. The third-order valence-corrected chi connectivity index (χ3v) is 2.72. The van der Waals surface area contributed by atoms with Gasteiger partial charge >= 0.3 is 5.97 Å². The van der Waals surface area contributed by atoms with Crippen molar-refractivity contribution in [2.75, 3.05) is 0 Å². The van der Waals surface area contributed by atoms with Gasteiger partial charge in [0.1, 0.15) is 6.04 Å². The Morgan fingerprint density at radius 3 is 2.89 bits per heavy atom. The molecule has 2 aromatic heterocycles. The predicted octanol–water partition coefficient (Wildman–Crippen LogP) is 0.988. The molecule has 0 radical (unpaired) electrons. The molecule has 2 aromatic rings. The van der Waals surface area contributed by atoms with Gasteiger partial charge in [-0.3, -0.25) is 9.59 Å². The summed E-state index contributed by atoms with van der Waals surface area (Å²) in [5, 5.41) is 15.6. The van der Waals surface area contributed by atoms with Crippen LogP contribution in [0.1, 0.15) is 29.9 Å². The normalized spacial score (nSPS) is 12.3. The number of carboxylic acid groups (broad SMARTS) is 1. The third-order valence-electron chi connectivity index (χ3n) is 2.72. The standard InChI is InChI=1S/C12H13N3O4/c1-3-9-8-4-7(5-13-11(8)19-15-9)10(16)14-6(2)12(17)18/h4-6H,3H2,1-2H3,(H,14,16)(H,17,18)/t6-/m1/s1. The van der Waals surface area contributed by atoms with Crippen molar-refractivity contribution < 1.29 is 19.2 Å². The summed E-state index contributed by atoms with van der Waals surface area (Å²) in [4.78, 5) is 26.5. The van der Waals surface area contributed by atoms with Crippen LogP contribution in [0.3, 0.4) is 0 Å². The lowest BCUT2D eigenvalue weighted by Crippen LogP contribution is -2.38. The van der Waals surface area contributed by atoms with Crippen molar-refractivity contribution in [3.63, 3.8) is 0 Å². The molecule has 0 saturated heterocycles. The number of carbonyl (C=O) groups excluding carboxylic acids is 1. The molecule has 0 aliphatic heterocycles. The zero-order valence-electron chi connectivity index (χ0n) is 10.5. The lowest BCUT2D eigenvalue weighted by Gasteiger charge is -2.08. The van der Waals surface area contributed by atoms with Crippen molar-refractivity contribution in [3.8, 4) is 0 Å². The Kier molecular flexibility index (Phi) is 3.46. The van der Waals surface area contributed by atoms with Gasteiger partial charge in [0, 0.05) is 6.20 Å². The Morgan fingerprint density at radius 2 is 2.26 bits per heavy atom. The number of nitrogens with one attached hydrogen (secondary N) is 1. The Bertz CT molecular complexity index is 635. The molecule has 0 aromatic carbocycles. The van der Waals surface area contributed by atoms with Crippen LogP contribution in [-0.4, -0.2) is 33.2 Å². The fraction of sp³-hybridized carbons (Fsp3) is 0.333. The van der Waals surface area contributed by atoms with Crippen LogP contribution >= 0.6 is 0 Å². The molecule has 1 amide bonds. The van der Waals surface area contributed by atoms with Crippen molar-refractivity contribution in [3.05, 3.63) is 23.5 Å². The molecule has 2 rings (SSSR count). The summed E-state index contributed by atoms with van der Waals surface area (Å²) in [6.45, 7) is 3.31. The van der Waals surface area contributed by atoms with E-state index in [1.165, 1.54) is 13.1 Å². The summed E-state index contributed by atoms with van der Waals surface area (Å²) in [5.74, 6) is -1.59. The van der Waals surface area contributed by atoms with Gasteiger partial charge in [0.2, 0.25) is 0 Å². The first kappa shape index (κ1) is 13.0. The van der Waals surface area contributed by atoms with E-state index in [2.05, 4.69) is 15.5 Å². The van der Waals surface area contributed by atoms with Crippen molar-refractivity contribution in [1.29, 1.82) is 0 Å². The first-order valence-corrected chi connectivity index (χ1v) is 5.81. The summed E-state index contributed by atoms with van der Waals surface area (Å²) < 4.78 is 5.01. The number of rotatable bonds is 4. The van der Waals surface area contributed by atoms with Crippen LogP contribution in [0.2, 0.25) is 0 Å². The average Bonchev–Trinajstić information content (AvgIpc) is 2.80. The van der Waals surface area contributed by atoms with Gasteiger partial charge in [-0.2, -0.15) is 0 Å². The van der Waals surface area contributed by atoms with Crippen LogP contribution in [-0.2, 0) is 11.2 Å². The summed E-state index contributed by atoms with van der Waals surface area (Å²) in [5.41, 5.74) is 1.35. The summed E-state index contributed by atoms with van der Waals surface area (Å²) >= 11 is 0. The maximum atomic E-state index is 11.9. The number of hydrogen-bond acceptors (Lipinski definition) is 5. The highest BCUT2D eigenvalue weighted by molar-refractivity contribution is 5.98. The smallest absolute Gasteiger partial charge is 0.325 e. The lowest BCUT2D eigenvalue weighted by atomic mass is 10.1. The number of fused-ring (bicyclic) bond motifs is 1. The molecule has 2 N–H and O–H groups in total. The van der Waals surface area contributed by atoms with E-state index < -0.39 is 17.9 Å². The second-order valence-electron chi connectivity index (χ2n) is 4.09. The fourth-order valence-corrected chi connectivity index (χ4v) is 1.60. The minimum atomic E-state index is -1.10. The lowest BCUT2D eigenvalue weighted by molar-refractivity contribution is -0.138. The van der Waals surface area contributed by atoms with Gasteiger partial charge in [0.05, 0.1) is 16.6 Å². The Hall–Kier alpha value is -2.44. The van der Waals surface area contributed by atoms with E-state index in [1.54, 1.807) is 6.07 Å². The molecule has 19 heavy (non-hydrogen) atoms. The van der Waals surface area contributed by atoms with E-state index in [9.17, 15) is 9.59 Å². The SMILES string of the molecule is CCc1noc2ncc(C(=O)N[C@H](C)C(=O)O)cc12. The topological polar surface area (TPSA) is 105 Å². The monoisotopic (exact) mass is 263 g/mol. The average molecular weight is 263 g/mol. The molecular formula is C12H13N3O4. The molecule has 2 heterocycles. The zero-order valence-corrected chi connectivity index (χ0v) is 10.5. The zero-order chi connectivity index (χ0) is 14.0. The molecule has 0 aliphatic carbocycles. The summed E-state index contributed by atoms with van der Waals surface area (Å²) in [6, 6.07) is 0.637. The van der Waals surface area contributed by atoms with Gasteiger partial charge in [-0.25, -0.2) is 4.98 Å². The number of carboxylic acids is 1. The molecule has 0 bridgehead atoms. The fourth-order valence-electron chi connectivity index (χ4n) is 1.60. The second-order valence-corrected chi connectivity index (χ2v) is 4.09. The van der Waals surface area contributed by atoms with Gasteiger partial charge in [0.15, 0.2) is 0 Å². The number of nitrogens with zero attached hydrogens (tertiary/aromatic N) is 2. The number of hydrogen-bond donors (Lipinski definition) is 2. The number of amides is 1. The quantitative estimate of drug-likeness (QED) is 0.852. The van der Waals surface area contributed by atoms with E-state index in [1.807, 2.05) is 6.92 Å². The minimum Gasteiger partial charge on any atom is -0.480 e. The van der Waals surface area contributed by atoms with Crippen LogP contribution in [0, 0.1) is 0 Å². The van der Waals surface area contributed by atoms with Crippen LogP contribution in [0.4, 0.5) is 0 Å². The largest absolute Gasteiger partial charge is 0.480 e. The van der Waals surface area contributed by atoms with E-state index in [0.29, 0.717) is 23.2 Å². The molecule has 0 spiro atoms. The molecule has 0 aliphatic rings. The van der Waals surface area contributed by atoms with E-state index >= 15 is 0 Å². The van der Waals surface area contributed by atoms with Gasteiger partial charge in [-0.1, -0.05) is 12.1 Å². The number of aromatic nitrogens is 2. The van der Waals surface area contributed by atoms with E-state index in [4.69, 9.17) is 9.63 Å². The Labute approximate surface area is 108 Å². The van der Waals surface area contributed by atoms with Crippen LogP contribution < -0.4 is 5.32 Å². The number of pyridine rings is 1. The first-order chi connectivity index (χ1) is 9.02. The second kappa shape index (κ2) is 5.05. The van der Waals surface area contributed by atoms with Crippen LogP contribution in [0.25, 0.3) is 11.1 Å². The molecule has 1 atom stereocenters. The van der Waals surface area contributed by atoms with Gasteiger partial charge < -0.3 is 14.9 Å². The molecule has 7 nitrogen and oxygen atoms in total. The molecular weight excluding hydrogens is 250 g/mol. The molecule has 7 heteroatoms. The Balaban J connectivity index is 2.29. The predicted molar refractivity (Wildman–Crippen MR) is 65.7 cm³/mol. The molecule has 0 fully saturated rings. The van der Waals surface area contributed by atoms with E-state index in [-0.39, 0.29) is 5.56 Å². The third kappa shape index (κ3) is 2.54. The highest BCUT2D eigenvalue weighted by atomic mass is 16.5. The van der Waals surface area contributed by atoms with E-state index in [0.717, 1.165) is 0 Å². The van der Waals surface area contributed by atoms with Crippen LogP contribution in [0.5, 0.6) is 0 Å². The van der Waals surface area contributed by atoms with Gasteiger partial charge in [0.25, 0.3) is 11.6 Å². The first-order valence-electron chi connectivity index (χ1n) is 5.81.